The Labute approximate surface area is 176 Å². The van der Waals surface area contributed by atoms with Crippen LogP contribution >= 0.6 is 35.7 Å². The van der Waals surface area contributed by atoms with E-state index in [0.29, 0.717) is 10.8 Å². The summed E-state index contributed by atoms with van der Waals surface area (Å²) in [5.41, 5.74) is 2.58. The van der Waals surface area contributed by atoms with Gasteiger partial charge in [0.1, 0.15) is 12.2 Å². The summed E-state index contributed by atoms with van der Waals surface area (Å²) >= 11 is 4.85. The zero-order chi connectivity index (χ0) is 24.0. The number of phosphoric acid groups is 3. The molecule has 2 rings (SSSR count). The number of phosphoric ester groups is 1. The molecule has 2 heterocycles. The summed E-state index contributed by atoms with van der Waals surface area (Å²) in [6.45, 7) is -0.303. The third-order valence-electron chi connectivity index (χ3n) is 3.72. The maximum absolute atomic E-state index is 15.1. The number of ether oxygens (including phenoxy) is 1. The van der Waals surface area contributed by atoms with Crippen LogP contribution in [0, 0.1) is 10.6 Å². The van der Waals surface area contributed by atoms with Crippen molar-refractivity contribution in [2.75, 3.05) is 12.3 Å². The van der Waals surface area contributed by atoms with Crippen LogP contribution in [-0.2, 0) is 31.6 Å². The Balaban J connectivity index is 2.16. The van der Waals surface area contributed by atoms with Crippen molar-refractivity contribution >= 4 is 41.5 Å². The number of nitrogen functional groups attached to an aromatic ring is 1. The van der Waals surface area contributed by atoms with E-state index in [9.17, 15) is 28.1 Å². The lowest BCUT2D eigenvalue weighted by Crippen LogP contribution is -2.41. The van der Waals surface area contributed by atoms with Crippen molar-refractivity contribution in [1.82, 2.24) is 9.55 Å². The smallest absolute Gasteiger partial charge is 0.387 e. The topological polar surface area (TPSA) is 233 Å². The summed E-state index contributed by atoms with van der Waals surface area (Å²) < 4.78 is 79.2. The Bertz CT molecular complexity index is 1050. The molecule has 6 atom stereocenters. The second kappa shape index (κ2) is 8.91. The Morgan fingerprint density at radius 1 is 1.29 bits per heavy atom. The lowest BCUT2D eigenvalue weighted by Gasteiger charge is -2.25. The summed E-state index contributed by atoms with van der Waals surface area (Å²) in [4.78, 5) is 38.9. The van der Waals surface area contributed by atoms with E-state index in [2.05, 4.69) is 18.1 Å². The van der Waals surface area contributed by atoms with Gasteiger partial charge in [-0.05, 0) is 19.1 Å². The highest BCUT2D eigenvalue weighted by Gasteiger charge is 2.56. The number of hydrogen-bond donors (Lipinski definition) is 6. The van der Waals surface area contributed by atoms with Gasteiger partial charge in [-0.15, -0.1) is 0 Å². The van der Waals surface area contributed by atoms with Crippen LogP contribution in [0.15, 0.2) is 6.20 Å². The number of halogens is 2. The lowest BCUT2D eigenvalue weighted by atomic mass is 9.98. The molecule has 0 amide bonds. The lowest BCUT2D eigenvalue weighted by molar-refractivity contribution is -0.0597. The van der Waals surface area contributed by atoms with Gasteiger partial charge in [0.05, 0.1) is 6.61 Å². The maximum atomic E-state index is 15.1. The van der Waals surface area contributed by atoms with E-state index >= 15 is 4.39 Å². The van der Waals surface area contributed by atoms with Gasteiger partial charge in [0, 0.05) is 6.20 Å². The molecule has 0 saturated carbocycles. The standard InChI is InChI=1S/C10H16F2N3O12P3S/c1-10(12)6(16)5(25-8(10)15-2-4(11)7(13)14-9(15)31)3-24-29(20,21)27-30(22,23)26-28(17,18)19/h2,5-6,8,16H,3H2,1H3,(H,20,21)(H,22,23)(H2,13,14,31)(H2,17,18,19). The molecule has 6 unspecified atom stereocenters. The molecule has 1 fully saturated rings. The Morgan fingerprint density at radius 3 is 2.42 bits per heavy atom. The highest BCUT2D eigenvalue weighted by atomic mass is 32.1. The number of anilines is 1. The molecule has 0 aromatic carbocycles. The first-order valence-electron chi connectivity index (χ1n) is 7.69. The molecule has 178 valence electrons. The van der Waals surface area contributed by atoms with Gasteiger partial charge in [-0.25, -0.2) is 22.5 Å². The van der Waals surface area contributed by atoms with E-state index in [1.165, 1.54) is 0 Å². The van der Waals surface area contributed by atoms with Crippen LogP contribution < -0.4 is 5.73 Å². The summed E-state index contributed by atoms with van der Waals surface area (Å²) in [5.74, 6) is -1.66. The fourth-order valence-electron chi connectivity index (χ4n) is 2.45. The highest BCUT2D eigenvalue weighted by molar-refractivity contribution is 7.71. The van der Waals surface area contributed by atoms with Gasteiger partial charge in [0.25, 0.3) is 0 Å². The van der Waals surface area contributed by atoms with Crippen molar-refractivity contribution in [3.05, 3.63) is 16.8 Å². The average Bonchev–Trinajstić information content (AvgIpc) is 2.76. The normalized spacial score (nSPS) is 30.6. The SMILES string of the molecule is CC1(F)C(O)C(COP(=O)(O)OP(=O)(O)OP(=O)(O)O)OC1n1cc(F)c(N)nc1=S. The molecule has 21 heteroatoms. The largest absolute Gasteiger partial charge is 0.490 e. The Morgan fingerprint density at radius 2 is 1.87 bits per heavy atom. The number of nitrogens with zero attached hydrogens (tertiary/aromatic N) is 2. The molecule has 1 aliphatic heterocycles. The fourth-order valence-corrected chi connectivity index (χ4v) is 5.72. The van der Waals surface area contributed by atoms with E-state index in [-0.39, 0.29) is 0 Å². The molecule has 0 radical (unpaired) electrons. The maximum Gasteiger partial charge on any atom is 0.490 e. The van der Waals surface area contributed by atoms with Crippen LogP contribution in [0.3, 0.4) is 0 Å². The third-order valence-corrected chi connectivity index (χ3v) is 7.83. The van der Waals surface area contributed by atoms with Gasteiger partial charge in [0.15, 0.2) is 23.5 Å². The van der Waals surface area contributed by atoms with Gasteiger partial charge in [-0.3, -0.25) is 9.09 Å². The molecule has 15 nitrogen and oxygen atoms in total. The first-order valence-corrected chi connectivity index (χ1v) is 12.6. The van der Waals surface area contributed by atoms with E-state index in [4.69, 9.17) is 37.4 Å². The summed E-state index contributed by atoms with van der Waals surface area (Å²) in [6.07, 6.45) is -4.93. The van der Waals surface area contributed by atoms with E-state index in [1.54, 1.807) is 0 Å². The first kappa shape index (κ1) is 26.5. The number of aliphatic hydroxyl groups excluding tert-OH is 1. The van der Waals surface area contributed by atoms with Crippen molar-refractivity contribution in [2.45, 2.75) is 31.0 Å². The first-order chi connectivity index (χ1) is 13.8. The van der Waals surface area contributed by atoms with Crippen LogP contribution in [0.25, 0.3) is 0 Å². The minimum atomic E-state index is -5.77. The Kier molecular flexibility index (Phi) is 7.63. The molecule has 1 saturated heterocycles. The van der Waals surface area contributed by atoms with Crippen LogP contribution in [0.1, 0.15) is 13.2 Å². The van der Waals surface area contributed by atoms with Crippen molar-refractivity contribution in [2.24, 2.45) is 0 Å². The molecule has 1 aliphatic rings. The second-order valence-corrected chi connectivity index (χ2v) is 11.0. The molecular formula is C10H16F2N3O12P3S. The number of aliphatic hydroxyl groups is 1. The highest BCUT2D eigenvalue weighted by Crippen LogP contribution is 2.66. The van der Waals surface area contributed by atoms with Gasteiger partial charge in [-0.1, -0.05) is 0 Å². The quantitative estimate of drug-likeness (QED) is 0.199. The second-order valence-electron chi connectivity index (χ2n) is 6.17. The van der Waals surface area contributed by atoms with Gasteiger partial charge < -0.3 is 35.2 Å². The predicted octanol–water partition coefficient (Wildman–Crippen LogP) is 0.664. The zero-order valence-corrected chi connectivity index (χ0v) is 18.6. The van der Waals surface area contributed by atoms with Crippen LogP contribution in [0.2, 0.25) is 0 Å². The minimum absolute atomic E-state index is 0.423. The van der Waals surface area contributed by atoms with Gasteiger partial charge in [0.2, 0.25) is 4.77 Å². The molecule has 7 N–H and O–H groups in total. The van der Waals surface area contributed by atoms with E-state index in [0.717, 1.165) is 6.92 Å². The number of alkyl halides is 1. The van der Waals surface area contributed by atoms with E-state index in [1.807, 2.05) is 0 Å². The third kappa shape index (κ3) is 6.65. The number of nitrogens with two attached hydrogens (primary N) is 1. The minimum Gasteiger partial charge on any atom is -0.387 e. The molecular weight excluding hydrogens is 517 g/mol. The summed E-state index contributed by atoms with van der Waals surface area (Å²) in [7, 11) is -16.9. The van der Waals surface area contributed by atoms with Crippen molar-refractivity contribution in [1.29, 1.82) is 0 Å². The fraction of sp³-hybridized carbons (Fsp3) is 0.600. The molecule has 31 heavy (non-hydrogen) atoms. The number of rotatable bonds is 8. The molecule has 0 bridgehead atoms. The molecule has 1 aromatic heterocycles. The van der Waals surface area contributed by atoms with Crippen molar-refractivity contribution < 1.29 is 65.0 Å². The van der Waals surface area contributed by atoms with Crippen LogP contribution in [0.5, 0.6) is 0 Å². The van der Waals surface area contributed by atoms with Crippen LogP contribution in [-0.4, -0.2) is 58.7 Å². The predicted molar refractivity (Wildman–Crippen MR) is 96.7 cm³/mol. The van der Waals surface area contributed by atoms with Crippen molar-refractivity contribution in [3.8, 4) is 0 Å². The summed E-state index contributed by atoms with van der Waals surface area (Å²) in [6, 6.07) is 0. The molecule has 1 aromatic rings. The van der Waals surface area contributed by atoms with Crippen LogP contribution in [0.4, 0.5) is 14.6 Å². The molecule has 0 aliphatic carbocycles. The molecule has 0 spiro atoms. The van der Waals surface area contributed by atoms with Gasteiger partial charge >= 0.3 is 23.5 Å². The Hall–Kier alpha value is -0.710. The van der Waals surface area contributed by atoms with Crippen molar-refractivity contribution in [3.63, 3.8) is 0 Å². The zero-order valence-electron chi connectivity index (χ0n) is 15.1. The van der Waals surface area contributed by atoms with E-state index < -0.39 is 70.6 Å². The number of aromatic nitrogens is 2. The van der Waals surface area contributed by atoms with Gasteiger partial charge in [-0.2, -0.15) is 13.6 Å². The summed E-state index contributed by atoms with van der Waals surface area (Å²) in [5, 5.41) is 10.1. The monoisotopic (exact) mass is 533 g/mol. The average molecular weight is 533 g/mol. The number of hydrogen-bond acceptors (Lipinski definition) is 11.